The summed E-state index contributed by atoms with van der Waals surface area (Å²) >= 11 is 1.90. The lowest BCUT2D eigenvalue weighted by Gasteiger charge is -2.43. The molecule has 0 radical (unpaired) electrons. The molecule has 2 aliphatic rings. The van der Waals surface area contributed by atoms with Crippen LogP contribution in [0.1, 0.15) is 40.5 Å². The number of thioether (sulfide) groups is 1. The van der Waals surface area contributed by atoms with E-state index in [-0.39, 0.29) is 23.5 Å². The van der Waals surface area contributed by atoms with Crippen LogP contribution in [0, 0.1) is 5.92 Å². The van der Waals surface area contributed by atoms with Crippen molar-refractivity contribution in [3.8, 4) is 0 Å². The van der Waals surface area contributed by atoms with Crippen molar-refractivity contribution in [3.63, 3.8) is 0 Å². The fourth-order valence-corrected chi connectivity index (χ4v) is 5.09. The van der Waals surface area contributed by atoms with Gasteiger partial charge >= 0.3 is 0 Å². The number of carboxylic acid groups (broad SMARTS) is 1. The fourth-order valence-electron chi connectivity index (χ4n) is 4.67. The molecule has 2 N–H and O–H groups in total. The van der Waals surface area contributed by atoms with Gasteiger partial charge in [-0.3, -0.25) is 19.1 Å². The maximum absolute atomic E-state index is 13.1. The summed E-state index contributed by atoms with van der Waals surface area (Å²) in [6, 6.07) is 5.55. The molecule has 0 aromatic carbocycles. The number of hydrogen-bond donors (Lipinski definition) is 2. The molecular weight excluding hydrogens is 430 g/mol. The van der Waals surface area contributed by atoms with Gasteiger partial charge in [-0.1, -0.05) is 0 Å². The number of hydrogen-bond acceptors (Lipinski definition) is 6. The summed E-state index contributed by atoms with van der Waals surface area (Å²) in [5.41, 5.74) is 2.06. The fraction of sp³-hybridized carbons (Fsp3) is 0.545. The minimum atomic E-state index is -0.319. The molecule has 2 aromatic rings. The van der Waals surface area contributed by atoms with Gasteiger partial charge in [0.1, 0.15) is 5.56 Å². The van der Waals surface area contributed by atoms with Crippen LogP contribution in [-0.4, -0.2) is 68.4 Å². The van der Waals surface area contributed by atoms with E-state index in [1.807, 2.05) is 35.5 Å². The Kier molecular flexibility index (Phi) is 8.52. The molecule has 2 aliphatic heterocycles. The summed E-state index contributed by atoms with van der Waals surface area (Å²) in [6.45, 7) is 4.01. The Hall–Kier alpha value is -2.59. The predicted molar refractivity (Wildman–Crippen MR) is 124 cm³/mol. The van der Waals surface area contributed by atoms with Gasteiger partial charge in [0.15, 0.2) is 0 Å². The van der Waals surface area contributed by atoms with E-state index in [4.69, 9.17) is 9.90 Å². The Morgan fingerprint density at radius 1 is 1.31 bits per heavy atom. The van der Waals surface area contributed by atoms with Crippen LogP contribution in [0.3, 0.4) is 0 Å². The highest BCUT2D eigenvalue weighted by Crippen LogP contribution is 2.35. The average Bonchev–Trinajstić information content (AvgIpc) is 3.18. The van der Waals surface area contributed by atoms with Gasteiger partial charge in [0.25, 0.3) is 17.9 Å². The number of likely N-dealkylation sites (tertiary alicyclic amines) is 1. The summed E-state index contributed by atoms with van der Waals surface area (Å²) in [7, 11) is 1.83. The zero-order valence-electron chi connectivity index (χ0n) is 18.6. The minimum Gasteiger partial charge on any atom is -0.483 e. The molecule has 2 atom stereocenters. The minimum absolute atomic E-state index is 0.157. The zero-order chi connectivity index (χ0) is 23.1. The van der Waals surface area contributed by atoms with Gasteiger partial charge in [-0.2, -0.15) is 16.9 Å². The van der Waals surface area contributed by atoms with Gasteiger partial charge in [-0.05, 0) is 55.5 Å². The molecule has 174 valence electrons. The van der Waals surface area contributed by atoms with Gasteiger partial charge < -0.3 is 19.9 Å². The Balaban J connectivity index is 0.000000913. The lowest BCUT2D eigenvalue weighted by molar-refractivity contribution is -0.122. The van der Waals surface area contributed by atoms with Gasteiger partial charge in [0.2, 0.25) is 0 Å². The summed E-state index contributed by atoms with van der Waals surface area (Å²) in [4.78, 5) is 36.6. The van der Waals surface area contributed by atoms with Crippen molar-refractivity contribution in [2.24, 2.45) is 13.0 Å². The number of carbonyl (C=O) groups excluding carboxylic acids is 1. The first kappa shape index (κ1) is 24.1. The second kappa shape index (κ2) is 11.3. The summed E-state index contributed by atoms with van der Waals surface area (Å²) in [5, 5.41) is 13.8. The molecule has 2 bridgehead atoms. The average molecular weight is 462 g/mol. The van der Waals surface area contributed by atoms with Gasteiger partial charge in [0, 0.05) is 44.5 Å². The molecule has 1 saturated heterocycles. The molecule has 10 heteroatoms. The number of nitrogens with zero attached hydrogens (tertiary/aromatic N) is 4. The number of amides is 1. The Labute approximate surface area is 191 Å². The van der Waals surface area contributed by atoms with Gasteiger partial charge in [-0.25, -0.2) is 0 Å². The van der Waals surface area contributed by atoms with Crippen LogP contribution in [0.5, 0.6) is 0 Å². The third kappa shape index (κ3) is 5.60. The predicted octanol–water partition coefficient (Wildman–Crippen LogP) is 1.38. The first-order valence-corrected chi connectivity index (χ1v) is 12.2. The maximum Gasteiger partial charge on any atom is 0.290 e. The van der Waals surface area contributed by atoms with Crippen molar-refractivity contribution in [3.05, 3.63) is 51.7 Å². The standard InChI is InChI=1S/C21H29N5O2S.CH2O2/c1-24-17(6-7-23-24)11-22-20(27)18-4-5-19-16-10-15(13-26(19)21(18)28)12-25(14-16)8-3-9-29-2;2-1-3/h4-7,15-16H,3,8-14H2,1-2H3,(H,22,27);1H,(H,2,3)/t15-,16+;/m0./s1. The van der Waals surface area contributed by atoms with E-state index in [0.29, 0.717) is 24.9 Å². The Bertz CT molecular complexity index is 989. The molecule has 32 heavy (non-hydrogen) atoms. The normalized spacial score (nSPS) is 19.4. The second-order valence-corrected chi connectivity index (χ2v) is 9.21. The van der Waals surface area contributed by atoms with Crippen molar-refractivity contribution in [1.82, 2.24) is 24.6 Å². The van der Waals surface area contributed by atoms with Crippen LogP contribution in [0.4, 0.5) is 0 Å². The Morgan fingerprint density at radius 3 is 2.78 bits per heavy atom. The van der Waals surface area contributed by atoms with E-state index in [1.54, 1.807) is 16.9 Å². The van der Waals surface area contributed by atoms with E-state index in [2.05, 4.69) is 21.6 Å². The van der Waals surface area contributed by atoms with E-state index >= 15 is 0 Å². The summed E-state index contributed by atoms with van der Waals surface area (Å²) < 4.78 is 3.57. The van der Waals surface area contributed by atoms with Crippen molar-refractivity contribution < 1.29 is 14.7 Å². The van der Waals surface area contributed by atoms with Crippen LogP contribution >= 0.6 is 11.8 Å². The molecule has 0 unspecified atom stereocenters. The number of aryl methyl sites for hydroxylation is 1. The van der Waals surface area contributed by atoms with Gasteiger partial charge in [0.05, 0.1) is 12.2 Å². The molecule has 0 spiro atoms. The molecule has 0 saturated carbocycles. The lowest BCUT2D eigenvalue weighted by atomic mass is 9.83. The first-order chi connectivity index (χ1) is 15.5. The Morgan fingerprint density at radius 2 is 2.09 bits per heavy atom. The molecule has 1 amide bonds. The topological polar surface area (TPSA) is 109 Å². The van der Waals surface area contributed by atoms with E-state index in [0.717, 1.165) is 37.4 Å². The smallest absolute Gasteiger partial charge is 0.290 e. The summed E-state index contributed by atoms with van der Waals surface area (Å²) in [6.07, 6.45) is 6.20. The number of fused-ring (bicyclic) bond motifs is 4. The van der Waals surface area contributed by atoms with Crippen molar-refractivity contribution in [2.45, 2.75) is 31.8 Å². The molecule has 4 heterocycles. The zero-order valence-corrected chi connectivity index (χ0v) is 19.4. The third-order valence-electron chi connectivity index (χ3n) is 6.10. The number of carbonyl (C=O) groups is 2. The quantitative estimate of drug-likeness (QED) is 0.474. The highest BCUT2D eigenvalue weighted by Gasteiger charge is 2.35. The van der Waals surface area contributed by atoms with Crippen molar-refractivity contribution in [1.29, 1.82) is 0 Å². The third-order valence-corrected chi connectivity index (χ3v) is 6.80. The number of aromatic nitrogens is 3. The lowest BCUT2D eigenvalue weighted by Crippen LogP contribution is -2.48. The van der Waals surface area contributed by atoms with E-state index < -0.39 is 0 Å². The van der Waals surface area contributed by atoms with Gasteiger partial charge in [-0.15, -0.1) is 0 Å². The van der Waals surface area contributed by atoms with Crippen LogP contribution in [0.25, 0.3) is 0 Å². The van der Waals surface area contributed by atoms with E-state index in [1.165, 1.54) is 12.2 Å². The van der Waals surface area contributed by atoms with Crippen LogP contribution in [0.15, 0.2) is 29.2 Å². The number of rotatable bonds is 7. The van der Waals surface area contributed by atoms with Crippen molar-refractivity contribution >= 4 is 24.1 Å². The highest BCUT2D eigenvalue weighted by atomic mass is 32.2. The second-order valence-electron chi connectivity index (χ2n) is 8.23. The SMILES string of the molecule is CSCCCN1C[C@@H]2C[C@H](C1)c1ccc(C(=O)NCc3ccnn3C)c(=O)n1C2.O=CO. The van der Waals surface area contributed by atoms with Crippen LogP contribution in [0.2, 0.25) is 0 Å². The molecule has 0 aliphatic carbocycles. The molecule has 4 rings (SSSR count). The highest BCUT2D eigenvalue weighted by molar-refractivity contribution is 7.98. The first-order valence-electron chi connectivity index (χ1n) is 10.8. The molecular formula is C22H31N5O4S. The number of piperidine rings is 1. The van der Waals surface area contributed by atoms with Crippen molar-refractivity contribution in [2.75, 3.05) is 31.6 Å². The van der Waals surface area contributed by atoms with E-state index in [9.17, 15) is 9.59 Å². The molecule has 1 fully saturated rings. The molecule has 9 nitrogen and oxygen atoms in total. The number of nitrogens with one attached hydrogen (secondary N) is 1. The number of pyridine rings is 1. The van der Waals surface area contributed by atoms with Crippen LogP contribution < -0.4 is 10.9 Å². The molecule has 2 aromatic heterocycles. The largest absolute Gasteiger partial charge is 0.483 e. The van der Waals surface area contributed by atoms with Crippen LogP contribution in [-0.2, 0) is 24.9 Å². The maximum atomic E-state index is 13.1. The summed E-state index contributed by atoms with van der Waals surface area (Å²) in [5.74, 6) is 1.75. The monoisotopic (exact) mass is 461 g/mol.